The molecular weight excluding hydrogens is 380 g/mol. The Kier molecular flexibility index (Phi) is 6.50. The molecule has 0 aromatic heterocycles. The molecule has 1 aliphatic heterocycles. The van der Waals surface area contributed by atoms with Crippen molar-refractivity contribution >= 4 is 17.6 Å². The first-order chi connectivity index (χ1) is 14.3. The molecule has 2 aromatic carbocycles. The Bertz CT molecular complexity index is 940. The Morgan fingerprint density at radius 2 is 2.03 bits per heavy atom. The van der Waals surface area contributed by atoms with Gasteiger partial charge in [-0.3, -0.25) is 9.79 Å². The number of carbonyl (C=O) groups excluding carboxylic acids is 1. The van der Waals surface area contributed by atoms with E-state index in [0.29, 0.717) is 23.9 Å². The van der Waals surface area contributed by atoms with Gasteiger partial charge >= 0.3 is 0 Å². The normalized spacial score (nSPS) is 17.4. The van der Waals surface area contributed by atoms with Gasteiger partial charge in [0.05, 0.1) is 18.8 Å². The van der Waals surface area contributed by atoms with Crippen LogP contribution in [0.1, 0.15) is 44.4 Å². The lowest BCUT2D eigenvalue weighted by Gasteiger charge is -2.38. The van der Waals surface area contributed by atoms with Crippen LogP contribution in [0.5, 0.6) is 11.5 Å². The fourth-order valence-electron chi connectivity index (χ4n) is 3.63. The summed E-state index contributed by atoms with van der Waals surface area (Å²) in [6.07, 6.45) is 0.819. The molecule has 3 N–H and O–H groups in total. The van der Waals surface area contributed by atoms with Gasteiger partial charge < -0.3 is 25.4 Å². The predicted octanol–water partition coefficient (Wildman–Crippen LogP) is 3.62. The fraction of sp³-hybridized carbons (Fsp3) is 0.391. The van der Waals surface area contributed by atoms with E-state index in [2.05, 4.69) is 40.9 Å². The molecule has 1 amide bonds. The van der Waals surface area contributed by atoms with Crippen LogP contribution in [0.15, 0.2) is 47.5 Å². The number of fused-ring (bicyclic) bond motifs is 1. The van der Waals surface area contributed by atoms with E-state index in [4.69, 9.17) is 9.47 Å². The van der Waals surface area contributed by atoms with Crippen LogP contribution in [0.2, 0.25) is 0 Å². The third-order valence-electron chi connectivity index (χ3n) is 4.95. The van der Waals surface area contributed by atoms with Gasteiger partial charge in [0.25, 0.3) is 0 Å². The van der Waals surface area contributed by atoms with Crippen LogP contribution in [-0.4, -0.2) is 31.6 Å². The lowest BCUT2D eigenvalue weighted by Crippen LogP contribution is -2.45. The van der Waals surface area contributed by atoms with Gasteiger partial charge in [0, 0.05) is 32.5 Å². The summed E-state index contributed by atoms with van der Waals surface area (Å²) in [5, 5.41) is 9.68. The van der Waals surface area contributed by atoms with E-state index in [1.165, 1.54) is 6.92 Å². The molecule has 160 valence electrons. The van der Waals surface area contributed by atoms with Crippen molar-refractivity contribution in [3.8, 4) is 11.5 Å². The van der Waals surface area contributed by atoms with Gasteiger partial charge in [0.2, 0.25) is 5.91 Å². The quantitative estimate of drug-likeness (QED) is 0.518. The highest BCUT2D eigenvalue weighted by molar-refractivity contribution is 5.90. The predicted molar refractivity (Wildman–Crippen MR) is 119 cm³/mol. The third-order valence-corrected chi connectivity index (χ3v) is 4.95. The maximum Gasteiger partial charge on any atom is 0.221 e. The summed E-state index contributed by atoms with van der Waals surface area (Å²) in [7, 11) is 3.33. The average Bonchev–Trinajstić information content (AvgIpc) is 2.69. The number of para-hydroxylation sites is 1. The van der Waals surface area contributed by atoms with Gasteiger partial charge in [-0.1, -0.05) is 24.3 Å². The van der Waals surface area contributed by atoms with Crippen LogP contribution < -0.4 is 25.4 Å². The number of carbonyl (C=O) groups is 1. The van der Waals surface area contributed by atoms with Gasteiger partial charge in [-0.25, -0.2) is 0 Å². The molecule has 0 fully saturated rings. The molecule has 0 saturated heterocycles. The van der Waals surface area contributed by atoms with E-state index in [1.807, 2.05) is 36.4 Å². The zero-order valence-electron chi connectivity index (χ0n) is 18.2. The van der Waals surface area contributed by atoms with Crippen molar-refractivity contribution in [3.05, 3.63) is 53.6 Å². The first-order valence-corrected chi connectivity index (χ1v) is 10.0. The Hall–Kier alpha value is -3.22. The van der Waals surface area contributed by atoms with E-state index in [1.54, 1.807) is 14.2 Å². The molecule has 30 heavy (non-hydrogen) atoms. The number of rotatable bonds is 5. The molecule has 1 aliphatic rings. The molecule has 0 spiro atoms. The Morgan fingerprint density at radius 3 is 2.73 bits per heavy atom. The van der Waals surface area contributed by atoms with Gasteiger partial charge in [-0.15, -0.1) is 0 Å². The molecule has 7 nitrogen and oxygen atoms in total. The van der Waals surface area contributed by atoms with E-state index < -0.39 is 0 Å². The summed E-state index contributed by atoms with van der Waals surface area (Å²) in [4.78, 5) is 15.8. The van der Waals surface area contributed by atoms with Crippen molar-refractivity contribution in [2.75, 3.05) is 19.5 Å². The first kappa shape index (κ1) is 21.5. The van der Waals surface area contributed by atoms with Gasteiger partial charge in [0.15, 0.2) is 5.96 Å². The third kappa shape index (κ3) is 5.23. The number of amides is 1. The number of guanidine groups is 1. The van der Waals surface area contributed by atoms with Crippen molar-refractivity contribution in [2.45, 2.75) is 45.4 Å². The fourth-order valence-corrected chi connectivity index (χ4v) is 3.63. The summed E-state index contributed by atoms with van der Waals surface area (Å²) in [5.41, 5.74) is 2.49. The number of methoxy groups -OCH3 is 1. The topological polar surface area (TPSA) is 84.0 Å². The highest BCUT2D eigenvalue weighted by Crippen LogP contribution is 2.39. The molecular formula is C23H30N4O3. The minimum Gasteiger partial charge on any atom is -0.495 e. The number of anilines is 1. The molecule has 2 aromatic rings. The number of aliphatic imine (C=N–C) groups is 1. The van der Waals surface area contributed by atoms with Crippen molar-refractivity contribution in [3.63, 3.8) is 0 Å². The van der Waals surface area contributed by atoms with Gasteiger partial charge in [-0.05, 0) is 37.6 Å². The number of nitrogens with zero attached hydrogens (tertiary/aromatic N) is 1. The van der Waals surface area contributed by atoms with Gasteiger partial charge in [0.1, 0.15) is 17.1 Å². The minimum absolute atomic E-state index is 0.0851. The second-order valence-corrected chi connectivity index (χ2v) is 7.94. The maximum absolute atomic E-state index is 11.5. The number of nitrogens with one attached hydrogen (secondary N) is 3. The van der Waals surface area contributed by atoms with Crippen molar-refractivity contribution in [1.29, 1.82) is 0 Å². The SMILES string of the molecule is CN=C(NCc1ccc(OC)c(NC(C)=O)c1)NC1CC(C)(C)Oc2ccccc21. The summed E-state index contributed by atoms with van der Waals surface area (Å²) < 4.78 is 11.4. The van der Waals surface area contributed by atoms with Crippen LogP contribution in [0.3, 0.4) is 0 Å². The molecule has 7 heteroatoms. The van der Waals surface area contributed by atoms with Crippen LogP contribution in [0.4, 0.5) is 5.69 Å². The monoisotopic (exact) mass is 410 g/mol. The molecule has 0 aliphatic carbocycles. The van der Waals surface area contributed by atoms with Gasteiger partial charge in [-0.2, -0.15) is 0 Å². The second kappa shape index (κ2) is 9.07. The van der Waals surface area contributed by atoms with E-state index in [-0.39, 0.29) is 17.6 Å². The Labute approximate surface area is 177 Å². The lowest BCUT2D eigenvalue weighted by molar-refractivity contribution is -0.114. The van der Waals surface area contributed by atoms with E-state index in [0.717, 1.165) is 23.3 Å². The molecule has 1 heterocycles. The molecule has 0 saturated carbocycles. The first-order valence-electron chi connectivity index (χ1n) is 10.0. The molecule has 3 rings (SSSR count). The van der Waals surface area contributed by atoms with E-state index in [9.17, 15) is 4.79 Å². The van der Waals surface area contributed by atoms with Crippen LogP contribution in [0, 0.1) is 0 Å². The molecule has 0 radical (unpaired) electrons. The van der Waals surface area contributed by atoms with E-state index >= 15 is 0 Å². The van der Waals surface area contributed by atoms with Crippen molar-refractivity contribution < 1.29 is 14.3 Å². The van der Waals surface area contributed by atoms with Crippen LogP contribution in [0.25, 0.3) is 0 Å². The number of hydrogen-bond donors (Lipinski definition) is 3. The smallest absolute Gasteiger partial charge is 0.221 e. The zero-order valence-corrected chi connectivity index (χ0v) is 18.2. The molecule has 1 unspecified atom stereocenters. The number of ether oxygens (including phenoxy) is 2. The zero-order chi connectivity index (χ0) is 21.7. The number of benzene rings is 2. The number of hydrogen-bond acceptors (Lipinski definition) is 4. The summed E-state index contributed by atoms with van der Waals surface area (Å²) in [6.45, 7) is 6.21. The Morgan fingerprint density at radius 1 is 1.27 bits per heavy atom. The largest absolute Gasteiger partial charge is 0.495 e. The Balaban J connectivity index is 1.71. The van der Waals surface area contributed by atoms with Crippen LogP contribution in [-0.2, 0) is 11.3 Å². The summed E-state index contributed by atoms with van der Waals surface area (Å²) >= 11 is 0. The highest BCUT2D eigenvalue weighted by atomic mass is 16.5. The highest BCUT2D eigenvalue weighted by Gasteiger charge is 2.33. The van der Waals surface area contributed by atoms with Crippen molar-refractivity contribution in [2.24, 2.45) is 4.99 Å². The summed E-state index contributed by atoms with van der Waals surface area (Å²) in [6, 6.07) is 13.9. The minimum atomic E-state index is -0.270. The standard InChI is InChI=1S/C23H30N4O3/c1-15(28)26-18-12-16(10-11-21(18)29-5)14-25-22(24-4)27-19-13-23(2,3)30-20-9-7-6-8-17(19)20/h6-12,19H,13-14H2,1-5H3,(H,26,28)(H2,24,25,27). The van der Waals surface area contributed by atoms with Crippen LogP contribution >= 0.6 is 0 Å². The van der Waals surface area contributed by atoms with Crippen molar-refractivity contribution in [1.82, 2.24) is 10.6 Å². The average molecular weight is 411 g/mol. The molecule has 0 bridgehead atoms. The molecule has 1 atom stereocenters. The summed E-state index contributed by atoms with van der Waals surface area (Å²) in [5.74, 6) is 2.08. The second-order valence-electron chi connectivity index (χ2n) is 7.94. The lowest BCUT2D eigenvalue weighted by atomic mass is 9.90. The maximum atomic E-state index is 11.5.